The van der Waals surface area contributed by atoms with Crippen molar-refractivity contribution < 1.29 is 9.13 Å². The highest BCUT2D eigenvalue weighted by Crippen LogP contribution is 2.37. The molecule has 0 amide bonds. The molecule has 4 aromatic rings. The van der Waals surface area contributed by atoms with Crippen molar-refractivity contribution in [2.24, 2.45) is 0 Å². The Hall–Kier alpha value is -2.51. The van der Waals surface area contributed by atoms with Crippen molar-refractivity contribution in [3.05, 3.63) is 75.3 Å². The molecule has 9 heteroatoms. The van der Waals surface area contributed by atoms with Crippen LogP contribution in [0.25, 0.3) is 22.0 Å². The summed E-state index contributed by atoms with van der Waals surface area (Å²) in [5, 5.41) is 4.87. The Morgan fingerprint density at radius 3 is 2.79 bits per heavy atom. The van der Waals surface area contributed by atoms with Gasteiger partial charge in [-0.15, -0.1) is 12.4 Å². The zero-order valence-corrected chi connectivity index (χ0v) is 20.0. The van der Waals surface area contributed by atoms with Gasteiger partial charge in [-0.2, -0.15) is 0 Å². The third-order valence-electron chi connectivity index (χ3n) is 5.85. The first-order valence-electron chi connectivity index (χ1n) is 10.3. The van der Waals surface area contributed by atoms with Crippen LogP contribution in [-0.2, 0) is 13.0 Å². The maximum Gasteiger partial charge on any atom is 0.166 e. The second kappa shape index (κ2) is 9.39. The molecule has 172 valence electrons. The second-order valence-corrected chi connectivity index (χ2v) is 8.68. The number of nitrogens with zero attached hydrogens (tertiary/aromatic N) is 1. The molecule has 3 heterocycles. The predicted molar refractivity (Wildman–Crippen MR) is 134 cm³/mol. The highest BCUT2D eigenvalue weighted by atomic mass is 35.5. The summed E-state index contributed by atoms with van der Waals surface area (Å²) in [6, 6.07) is 10.8. The lowest BCUT2D eigenvalue weighted by Crippen LogP contribution is -2.22. The monoisotopic (exact) mass is 506 g/mol. The van der Waals surface area contributed by atoms with Crippen molar-refractivity contribution in [1.29, 1.82) is 0 Å². The normalized spacial score (nSPS) is 13.9. The Kier molecular flexibility index (Phi) is 6.73. The number of hydrogen-bond donors (Lipinski definition) is 3. The van der Waals surface area contributed by atoms with Crippen molar-refractivity contribution in [3.63, 3.8) is 0 Å². The molecule has 0 saturated carbocycles. The Balaban J connectivity index is 0.00000259. The van der Waals surface area contributed by atoms with Crippen LogP contribution in [-0.4, -0.2) is 16.5 Å². The van der Waals surface area contributed by atoms with Crippen molar-refractivity contribution in [1.82, 2.24) is 15.3 Å². The lowest BCUT2D eigenvalue weighted by atomic mass is 10.0. The zero-order chi connectivity index (χ0) is 22.4. The molecule has 4 N–H and O–H groups in total. The van der Waals surface area contributed by atoms with Gasteiger partial charge in [-0.25, -0.2) is 9.37 Å². The van der Waals surface area contributed by atoms with Gasteiger partial charge in [-0.05, 0) is 48.4 Å². The smallest absolute Gasteiger partial charge is 0.166 e. The Labute approximate surface area is 206 Å². The number of benzene rings is 2. The minimum absolute atomic E-state index is 0. The summed E-state index contributed by atoms with van der Waals surface area (Å²) in [7, 11) is 0. The van der Waals surface area contributed by atoms with Crippen LogP contribution in [0.3, 0.4) is 0 Å². The van der Waals surface area contributed by atoms with Crippen molar-refractivity contribution in [2.45, 2.75) is 26.0 Å². The molecule has 0 fully saturated rings. The highest BCUT2D eigenvalue weighted by molar-refractivity contribution is 6.36. The third-order valence-corrected chi connectivity index (χ3v) is 6.57. The van der Waals surface area contributed by atoms with Crippen LogP contribution >= 0.6 is 35.6 Å². The number of H-pyrrole nitrogens is 1. The molecule has 0 saturated heterocycles. The number of aromatic nitrogens is 2. The summed E-state index contributed by atoms with van der Waals surface area (Å²) in [5.41, 5.74) is 12.0. The Bertz CT molecular complexity index is 1340. The molecule has 5 rings (SSSR count). The van der Waals surface area contributed by atoms with Crippen LogP contribution in [0.2, 0.25) is 10.0 Å². The molecule has 0 radical (unpaired) electrons. The lowest BCUT2D eigenvalue weighted by Gasteiger charge is -2.19. The predicted octanol–water partition coefficient (Wildman–Crippen LogP) is 6.47. The number of hydrogen-bond acceptors (Lipinski definition) is 4. The van der Waals surface area contributed by atoms with Gasteiger partial charge in [0.2, 0.25) is 0 Å². The van der Waals surface area contributed by atoms with Crippen LogP contribution in [0.1, 0.15) is 29.8 Å². The van der Waals surface area contributed by atoms with Crippen LogP contribution in [0.15, 0.2) is 42.6 Å². The fraction of sp³-hybridized carbons (Fsp3) is 0.208. The third kappa shape index (κ3) is 4.36. The average Bonchev–Trinajstić information content (AvgIpc) is 3.16. The maximum absolute atomic E-state index is 14.0. The first-order valence-corrected chi connectivity index (χ1v) is 11.1. The van der Waals surface area contributed by atoms with Crippen LogP contribution in [0.4, 0.5) is 10.2 Å². The van der Waals surface area contributed by atoms with Gasteiger partial charge in [-0.3, -0.25) is 0 Å². The minimum Gasteiger partial charge on any atom is -0.482 e. The number of ether oxygens (including phenoxy) is 1. The van der Waals surface area contributed by atoms with Gasteiger partial charge in [0.1, 0.15) is 11.9 Å². The SMILES string of the molecule is C[C@@H](Oc1cc(-c2ccc3[nH]c4c(c3c2)CNCC4)cnc1N)c1c(Cl)ccc(F)c1Cl.Cl. The van der Waals surface area contributed by atoms with Crippen molar-refractivity contribution in [3.8, 4) is 16.9 Å². The van der Waals surface area contributed by atoms with Gasteiger partial charge in [0.25, 0.3) is 0 Å². The second-order valence-electron chi connectivity index (χ2n) is 7.89. The molecule has 1 aliphatic rings. The molecule has 0 bridgehead atoms. The van der Waals surface area contributed by atoms with Crippen LogP contribution in [0, 0.1) is 5.82 Å². The van der Waals surface area contributed by atoms with Gasteiger partial charge in [0.05, 0.1) is 5.02 Å². The maximum atomic E-state index is 14.0. The standard InChI is InChI=1S/C24H21Cl2FN4O.ClH/c1-12(22-17(25)3-4-18(27)23(22)26)32-21-9-14(10-30-24(21)28)13-2-5-19-15(8-13)16-11-29-7-6-20(16)31-19;/h2-5,8-10,12,29,31H,6-7,11H2,1H3,(H2,28,30);1H/t12-;/m1./s1. The van der Waals surface area contributed by atoms with E-state index in [4.69, 9.17) is 33.7 Å². The van der Waals surface area contributed by atoms with Crippen molar-refractivity contribution >= 4 is 52.3 Å². The van der Waals surface area contributed by atoms with Gasteiger partial charge in [0, 0.05) is 58.5 Å². The number of fused-ring (bicyclic) bond motifs is 3. The molecule has 33 heavy (non-hydrogen) atoms. The summed E-state index contributed by atoms with van der Waals surface area (Å²) >= 11 is 12.4. The number of nitrogens with two attached hydrogens (primary N) is 1. The van der Waals surface area contributed by atoms with Crippen molar-refractivity contribution in [2.75, 3.05) is 12.3 Å². The summed E-state index contributed by atoms with van der Waals surface area (Å²) in [5.74, 6) is 0.0526. The van der Waals surface area contributed by atoms with E-state index in [2.05, 4.69) is 27.4 Å². The van der Waals surface area contributed by atoms with E-state index in [0.717, 1.165) is 36.2 Å². The van der Waals surface area contributed by atoms with E-state index in [1.807, 2.05) is 12.1 Å². The van der Waals surface area contributed by atoms with E-state index in [-0.39, 0.29) is 23.2 Å². The molecular formula is C24H22Cl3FN4O. The molecular weight excluding hydrogens is 486 g/mol. The molecule has 5 nitrogen and oxygen atoms in total. The number of aromatic amines is 1. The highest BCUT2D eigenvalue weighted by Gasteiger charge is 2.20. The quantitative estimate of drug-likeness (QED) is 0.277. The molecule has 0 aliphatic carbocycles. The average molecular weight is 508 g/mol. The summed E-state index contributed by atoms with van der Waals surface area (Å²) in [6.45, 7) is 3.57. The molecule has 0 spiro atoms. The van der Waals surface area contributed by atoms with E-state index < -0.39 is 11.9 Å². The topological polar surface area (TPSA) is 76.0 Å². The van der Waals surface area contributed by atoms with E-state index >= 15 is 0 Å². The largest absolute Gasteiger partial charge is 0.482 e. The fourth-order valence-corrected chi connectivity index (χ4v) is 4.88. The van der Waals surface area contributed by atoms with E-state index in [0.29, 0.717) is 16.3 Å². The molecule has 0 unspecified atom stereocenters. The van der Waals surface area contributed by atoms with Gasteiger partial charge in [0.15, 0.2) is 11.6 Å². The van der Waals surface area contributed by atoms with Crippen LogP contribution < -0.4 is 15.8 Å². The number of anilines is 1. The number of pyridine rings is 1. The Morgan fingerprint density at radius 2 is 1.97 bits per heavy atom. The molecule has 2 aromatic heterocycles. The number of nitrogens with one attached hydrogen (secondary N) is 2. The molecule has 1 atom stereocenters. The molecule has 1 aliphatic heterocycles. The summed E-state index contributed by atoms with van der Waals surface area (Å²) in [6.07, 6.45) is 2.08. The van der Waals surface area contributed by atoms with Gasteiger partial charge < -0.3 is 20.8 Å². The summed E-state index contributed by atoms with van der Waals surface area (Å²) < 4.78 is 20.0. The van der Waals surface area contributed by atoms with E-state index in [9.17, 15) is 4.39 Å². The fourth-order valence-electron chi connectivity index (χ4n) is 4.20. The van der Waals surface area contributed by atoms with Crippen LogP contribution in [0.5, 0.6) is 5.75 Å². The zero-order valence-electron chi connectivity index (χ0n) is 17.7. The first kappa shape index (κ1) is 23.6. The number of nitrogen functional groups attached to an aromatic ring is 1. The number of halogens is 4. The van der Waals surface area contributed by atoms with Gasteiger partial charge in [-0.1, -0.05) is 29.3 Å². The minimum atomic E-state index is -0.629. The summed E-state index contributed by atoms with van der Waals surface area (Å²) in [4.78, 5) is 7.83. The van der Waals surface area contributed by atoms with E-state index in [1.165, 1.54) is 28.8 Å². The number of rotatable bonds is 4. The Morgan fingerprint density at radius 1 is 1.15 bits per heavy atom. The lowest BCUT2D eigenvalue weighted by molar-refractivity contribution is 0.227. The van der Waals surface area contributed by atoms with Gasteiger partial charge >= 0.3 is 0 Å². The van der Waals surface area contributed by atoms with E-state index in [1.54, 1.807) is 13.1 Å². The first-order chi connectivity index (χ1) is 15.4. The molecule has 2 aromatic carbocycles.